The number of phenolic OH excluding ortho intramolecular Hbond substituents is 1. The van der Waals surface area contributed by atoms with Crippen LogP contribution >= 0.6 is 12.6 Å². The van der Waals surface area contributed by atoms with E-state index in [1.807, 2.05) is 0 Å². The molecular weight excluding hydrogens is 216 g/mol. The summed E-state index contributed by atoms with van der Waals surface area (Å²) in [5, 5.41) is 19.8. The molecule has 0 heterocycles. The monoisotopic (exact) mass is 226 g/mol. The first-order chi connectivity index (χ1) is 7.15. The van der Waals surface area contributed by atoms with Crippen LogP contribution in [-0.2, 0) is 0 Å². The Morgan fingerprint density at radius 3 is 2.93 bits per heavy atom. The van der Waals surface area contributed by atoms with Crippen LogP contribution in [0, 0.1) is 10.1 Å². The molecule has 0 amide bonds. The fraction of sp³-hybridized carbons (Fsp3) is 0.222. The average molecular weight is 226 g/mol. The Morgan fingerprint density at radius 1 is 1.60 bits per heavy atom. The summed E-state index contributed by atoms with van der Waals surface area (Å²) in [6.45, 7) is 0.505. The zero-order chi connectivity index (χ0) is 11.3. The van der Waals surface area contributed by atoms with E-state index in [0.717, 1.165) is 0 Å². The minimum Gasteiger partial charge on any atom is -0.507 e. The maximum Gasteiger partial charge on any atom is 0.270 e. The standard InChI is InChI=1S/C9H10N2O3S/c12-9-2-1-8(11(13)14)5-7(9)6-10-3-4-15/h1-2,5-6,12,15H,3-4H2. The van der Waals surface area contributed by atoms with E-state index in [9.17, 15) is 15.2 Å². The predicted octanol–water partition coefficient (Wildman–Crippen LogP) is 1.65. The van der Waals surface area contributed by atoms with E-state index in [4.69, 9.17) is 0 Å². The zero-order valence-electron chi connectivity index (χ0n) is 7.83. The summed E-state index contributed by atoms with van der Waals surface area (Å²) in [5.41, 5.74) is 0.270. The van der Waals surface area contributed by atoms with Gasteiger partial charge in [-0.25, -0.2) is 0 Å². The Labute approximate surface area is 92.0 Å². The van der Waals surface area contributed by atoms with Crippen LogP contribution in [-0.4, -0.2) is 28.5 Å². The molecule has 0 aliphatic heterocycles. The number of nitrogens with zero attached hydrogens (tertiary/aromatic N) is 2. The van der Waals surface area contributed by atoms with E-state index in [1.165, 1.54) is 24.4 Å². The SMILES string of the molecule is O=[N+]([O-])c1ccc(O)c(C=NCCS)c1. The van der Waals surface area contributed by atoms with Gasteiger partial charge in [0.05, 0.1) is 4.92 Å². The molecule has 0 unspecified atom stereocenters. The quantitative estimate of drug-likeness (QED) is 0.355. The topological polar surface area (TPSA) is 75.7 Å². The summed E-state index contributed by atoms with van der Waals surface area (Å²) >= 11 is 3.96. The van der Waals surface area contributed by atoms with Crippen molar-refractivity contribution in [2.75, 3.05) is 12.3 Å². The number of phenols is 1. The highest BCUT2D eigenvalue weighted by molar-refractivity contribution is 7.80. The summed E-state index contributed by atoms with van der Waals surface area (Å²) in [6, 6.07) is 3.79. The Kier molecular flexibility index (Phi) is 4.11. The van der Waals surface area contributed by atoms with E-state index >= 15 is 0 Å². The van der Waals surface area contributed by atoms with Crippen molar-refractivity contribution in [1.82, 2.24) is 0 Å². The molecule has 1 rings (SSSR count). The molecule has 0 fully saturated rings. The van der Waals surface area contributed by atoms with Gasteiger partial charge >= 0.3 is 0 Å². The van der Waals surface area contributed by atoms with Crippen LogP contribution in [0.1, 0.15) is 5.56 Å². The molecule has 0 radical (unpaired) electrons. The summed E-state index contributed by atoms with van der Waals surface area (Å²) in [5.74, 6) is 0.565. The fourth-order valence-corrected chi connectivity index (χ4v) is 1.09. The molecule has 0 aromatic heterocycles. The molecule has 0 atom stereocenters. The van der Waals surface area contributed by atoms with Crippen LogP contribution in [0.25, 0.3) is 0 Å². The fourth-order valence-electron chi connectivity index (χ4n) is 0.980. The van der Waals surface area contributed by atoms with Crippen molar-refractivity contribution < 1.29 is 10.0 Å². The van der Waals surface area contributed by atoms with Gasteiger partial charge < -0.3 is 5.11 Å². The van der Waals surface area contributed by atoms with Gasteiger partial charge in [-0.1, -0.05) is 0 Å². The van der Waals surface area contributed by atoms with Gasteiger partial charge in [0.25, 0.3) is 5.69 Å². The second kappa shape index (κ2) is 5.35. The van der Waals surface area contributed by atoms with Crippen LogP contribution in [0.4, 0.5) is 5.69 Å². The Bertz CT molecular complexity index is 393. The first kappa shape index (κ1) is 11.5. The maximum atomic E-state index is 10.5. The molecule has 0 bridgehead atoms. The molecule has 1 aromatic rings. The molecule has 0 saturated heterocycles. The van der Waals surface area contributed by atoms with Gasteiger partial charge in [0, 0.05) is 36.2 Å². The van der Waals surface area contributed by atoms with Crippen LogP contribution in [0.15, 0.2) is 23.2 Å². The van der Waals surface area contributed by atoms with Gasteiger partial charge in [-0.05, 0) is 6.07 Å². The van der Waals surface area contributed by atoms with E-state index in [1.54, 1.807) is 0 Å². The molecule has 80 valence electrons. The number of benzene rings is 1. The van der Waals surface area contributed by atoms with E-state index in [0.29, 0.717) is 17.9 Å². The minimum atomic E-state index is -0.518. The lowest BCUT2D eigenvalue weighted by molar-refractivity contribution is -0.384. The Morgan fingerprint density at radius 2 is 2.33 bits per heavy atom. The second-order valence-corrected chi connectivity index (χ2v) is 3.21. The minimum absolute atomic E-state index is 0.0245. The molecule has 0 spiro atoms. The van der Waals surface area contributed by atoms with E-state index in [-0.39, 0.29) is 11.4 Å². The smallest absolute Gasteiger partial charge is 0.270 e. The molecule has 0 saturated carbocycles. The van der Waals surface area contributed by atoms with Crippen molar-refractivity contribution in [3.05, 3.63) is 33.9 Å². The second-order valence-electron chi connectivity index (χ2n) is 2.76. The molecule has 0 aliphatic carbocycles. The normalized spacial score (nSPS) is 10.7. The van der Waals surface area contributed by atoms with Crippen molar-refractivity contribution >= 4 is 24.5 Å². The highest BCUT2D eigenvalue weighted by Gasteiger charge is 2.08. The van der Waals surface area contributed by atoms with Crippen LogP contribution < -0.4 is 0 Å². The number of aliphatic imine (C=N–C) groups is 1. The molecule has 6 heteroatoms. The summed E-state index contributed by atoms with van der Waals surface area (Å²) in [6.07, 6.45) is 1.40. The van der Waals surface area contributed by atoms with Gasteiger partial charge in [-0.3, -0.25) is 15.1 Å². The van der Waals surface area contributed by atoms with Crippen molar-refractivity contribution in [2.45, 2.75) is 0 Å². The van der Waals surface area contributed by atoms with Crippen molar-refractivity contribution in [3.8, 4) is 5.75 Å². The lowest BCUT2D eigenvalue weighted by Gasteiger charge is -1.98. The van der Waals surface area contributed by atoms with Gasteiger partial charge in [-0.2, -0.15) is 12.6 Å². The first-order valence-corrected chi connectivity index (χ1v) is 4.86. The number of thiol groups is 1. The predicted molar refractivity (Wildman–Crippen MR) is 61.1 cm³/mol. The highest BCUT2D eigenvalue weighted by atomic mass is 32.1. The molecule has 5 nitrogen and oxygen atoms in total. The van der Waals surface area contributed by atoms with Gasteiger partial charge in [0.15, 0.2) is 0 Å². The summed E-state index contributed by atoms with van der Waals surface area (Å²) < 4.78 is 0. The third kappa shape index (κ3) is 3.25. The van der Waals surface area contributed by atoms with Gasteiger partial charge in [-0.15, -0.1) is 0 Å². The lowest BCUT2D eigenvalue weighted by atomic mass is 10.2. The van der Waals surface area contributed by atoms with Crippen molar-refractivity contribution in [1.29, 1.82) is 0 Å². The van der Waals surface area contributed by atoms with Gasteiger partial charge in [0.1, 0.15) is 5.75 Å². The summed E-state index contributed by atoms with van der Waals surface area (Å²) in [7, 11) is 0. The number of non-ortho nitro benzene ring substituents is 1. The number of nitro benzene ring substituents is 1. The van der Waals surface area contributed by atoms with Gasteiger partial charge in [0.2, 0.25) is 0 Å². The third-order valence-electron chi connectivity index (χ3n) is 1.68. The summed E-state index contributed by atoms with van der Waals surface area (Å²) in [4.78, 5) is 13.9. The third-order valence-corrected chi connectivity index (χ3v) is 1.88. The molecule has 1 N–H and O–H groups in total. The number of rotatable bonds is 4. The number of hydrogen-bond donors (Lipinski definition) is 2. The number of hydrogen-bond acceptors (Lipinski definition) is 5. The van der Waals surface area contributed by atoms with E-state index < -0.39 is 4.92 Å². The molecule has 1 aromatic carbocycles. The largest absolute Gasteiger partial charge is 0.507 e. The molecule has 0 aliphatic rings. The Hall–Kier alpha value is -1.56. The average Bonchev–Trinajstić information content (AvgIpc) is 2.20. The van der Waals surface area contributed by atoms with Crippen molar-refractivity contribution in [3.63, 3.8) is 0 Å². The van der Waals surface area contributed by atoms with Crippen LogP contribution in [0.5, 0.6) is 5.75 Å². The van der Waals surface area contributed by atoms with Crippen LogP contribution in [0.2, 0.25) is 0 Å². The molecule has 15 heavy (non-hydrogen) atoms. The first-order valence-electron chi connectivity index (χ1n) is 4.23. The van der Waals surface area contributed by atoms with Crippen molar-refractivity contribution in [2.24, 2.45) is 4.99 Å². The highest BCUT2D eigenvalue weighted by Crippen LogP contribution is 2.21. The van der Waals surface area contributed by atoms with E-state index in [2.05, 4.69) is 17.6 Å². The Balaban J connectivity index is 2.95. The molecular formula is C9H10N2O3S. The number of nitro groups is 1. The number of aromatic hydroxyl groups is 1. The maximum absolute atomic E-state index is 10.5. The van der Waals surface area contributed by atoms with Crippen LogP contribution in [0.3, 0.4) is 0 Å². The zero-order valence-corrected chi connectivity index (χ0v) is 8.72. The lowest BCUT2D eigenvalue weighted by Crippen LogP contribution is -1.91.